The van der Waals surface area contributed by atoms with Crippen LogP contribution in [0.1, 0.15) is 20.3 Å². The summed E-state index contributed by atoms with van der Waals surface area (Å²) in [4.78, 5) is 25.0. The van der Waals surface area contributed by atoms with E-state index in [0.717, 1.165) is 6.42 Å². The average molecular weight is 346 g/mol. The normalized spacial score (nSPS) is 44.9. The Labute approximate surface area is 145 Å². The zero-order valence-electron chi connectivity index (χ0n) is 14.3. The Morgan fingerprint density at radius 1 is 0.840 bits per heavy atom. The number of allylic oxidation sites excluding steroid dienone is 2. The van der Waals surface area contributed by atoms with Gasteiger partial charge >= 0.3 is 11.9 Å². The summed E-state index contributed by atoms with van der Waals surface area (Å²) in [7, 11) is 0. The van der Waals surface area contributed by atoms with E-state index in [1.54, 1.807) is 13.8 Å². The van der Waals surface area contributed by atoms with Crippen LogP contribution >= 0.6 is 0 Å². The minimum Gasteiger partial charge on any atom is -0.511 e. The predicted molar refractivity (Wildman–Crippen MR) is 85.1 cm³/mol. The highest BCUT2D eigenvalue weighted by atomic mass is 16.5. The number of rotatable bonds is 4. The van der Waals surface area contributed by atoms with Gasteiger partial charge in [-0.3, -0.25) is 0 Å². The number of carbonyl (C=O) groups excluding carboxylic acids is 2. The Hall–Kier alpha value is -1.98. The third-order valence-electron chi connectivity index (χ3n) is 7.34. The first-order valence-electron chi connectivity index (χ1n) is 9.23. The van der Waals surface area contributed by atoms with E-state index in [9.17, 15) is 19.8 Å². The van der Waals surface area contributed by atoms with Crippen LogP contribution in [0.3, 0.4) is 0 Å². The molecule has 0 amide bonds. The van der Waals surface area contributed by atoms with Crippen LogP contribution in [0.5, 0.6) is 0 Å². The Kier molecular flexibility index (Phi) is 2.94. The summed E-state index contributed by atoms with van der Waals surface area (Å²) < 4.78 is 10.4. The Morgan fingerprint density at radius 3 is 1.60 bits per heavy atom. The van der Waals surface area contributed by atoms with Crippen LogP contribution in [-0.2, 0) is 19.1 Å². The lowest BCUT2D eigenvalue weighted by Crippen LogP contribution is -2.63. The molecule has 0 saturated heterocycles. The van der Waals surface area contributed by atoms with E-state index in [1.807, 2.05) is 0 Å². The van der Waals surface area contributed by atoms with Crippen molar-refractivity contribution in [2.75, 3.05) is 13.2 Å². The molecule has 0 aliphatic heterocycles. The number of hydrogen-bond acceptors (Lipinski definition) is 6. The quantitative estimate of drug-likeness (QED) is 0.758. The highest BCUT2D eigenvalue weighted by molar-refractivity contribution is 5.94. The SMILES string of the molecule is CCOC(=O)C1=C(O)[C@@H]2[C@H]3C[C@@H]4[C@@H]2C(O)=C(C(=O)OCC)[C@H]2[C@@H]1[C@H]3[C@H]42. The minimum absolute atomic E-state index is 0.0924. The van der Waals surface area contributed by atoms with Crippen LogP contribution in [0, 0.1) is 47.3 Å². The molecular weight excluding hydrogens is 324 g/mol. The third kappa shape index (κ3) is 1.53. The number of hydrogen-bond donors (Lipinski definition) is 2. The van der Waals surface area contributed by atoms with Crippen molar-refractivity contribution in [3.8, 4) is 0 Å². The minimum atomic E-state index is -0.481. The van der Waals surface area contributed by atoms with Gasteiger partial charge in [-0.15, -0.1) is 0 Å². The number of esters is 2. The third-order valence-corrected chi connectivity index (χ3v) is 7.34. The lowest BCUT2D eigenvalue weighted by molar-refractivity contribution is -0.155. The van der Waals surface area contributed by atoms with Crippen molar-refractivity contribution in [2.24, 2.45) is 47.3 Å². The molecule has 0 aromatic rings. The van der Waals surface area contributed by atoms with E-state index < -0.39 is 11.9 Å². The van der Waals surface area contributed by atoms with Gasteiger partial charge in [-0.25, -0.2) is 9.59 Å². The van der Waals surface area contributed by atoms with Crippen molar-refractivity contribution in [1.29, 1.82) is 0 Å². The molecule has 0 unspecified atom stereocenters. The molecule has 2 N–H and O–H groups in total. The molecule has 0 radical (unpaired) electrons. The molecule has 3 saturated carbocycles. The summed E-state index contributed by atoms with van der Waals surface area (Å²) >= 11 is 0. The van der Waals surface area contributed by atoms with Gasteiger partial charge in [0.1, 0.15) is 11.5 Å². The summed E-state index contributed by atoms with van der Waals surface area (Å²) in [6.45, 7) is 3.96. The summed E-state index contributed by atoms with van der Waals surface area (Å²) in [6.07, 6.45) is 0.956. The zero-order chi connectivity index (χ0) is 17.6. The van der Waals surface area contributed by atoms with Gasteiger partial charge in [0.15, 0.2) is 0 Å². The number of aliphatic hydroxyl groups excluding tert-OH is 2. The van der Waals surface area contributed by atoms with Gasteiger partial charge in [0.2, 0.25) is 0 Å². The summed E-state index contributed by atoms with van der Waals surface area (Å²) in [5.41, 5.74) is 0.683. The first-order chi connectivity index (χ1) is 12.0. The fourth-order valence-corrected chi connectivity index (χ4v) is 6.94. The Morgan fingerprint density at radius 2 is 1.24 bits per heavy atom. The molecule has 2 bridgehead atoms. The maximum Gasteiger partial charge on any atom is 0.337 e. The van der Waals surface area contributed by atoms with Gasteiger partial charge in [-0.05, 0) is 43.9 Å². The van der Waals surface area contributed by atoms with Crippen LogP contribution in [0.25, 0.3) is 0 Å². The molecule has 8 atom stereocenters. The lowest BCUT2D eigenvalue weighted by atomic mass is 9.40. The van der Waals surface area contributed by atoms with Gasteiger partial charge in [-0.1, -0.05) is 0 Å². The smallest absolute Gasteiger partial charge is 0.337 e. The van der Waals surface area contributed by atoms with Gasteiger partial charge in [0.05, 0.1) is 24.4 Å². The molecular formula is C19H22O6. The predicted octanol–water partition coefficient (Wildman–Crippen LogP) is 2.12. The largest absolute Gasteiger partial charge is 0.511 e. The second-order valence-corrected chi connectivity index (χ2v) is 7.86. The van der Waals surface area contributed by atoms with Crippen LogP contribution in [0.4, 0.5) is 0 Å². The Balaban J connectivity index is 1.66. The van der Waals surface area contributed by atoms with E-state index in [4.69, 9.17) is 9.47 Å². The van der Waals surface area contributed by atoms with Crippen LogP contribution in [0.15, 0.2) is 22.7 Å². The maximum absolute atomic E-state index is 12.5. The van der Waals surface area contributed by atoms with Crippen molar-refractivity contribution >= 4 is 11.9 Å². The van der Waals surface area contributed by atoms with E-state index in [0.29, 0.717) is 34.8 Å². The first kappa shape index (κ1) is 15.3. The summed E-state index contributed by atoms with van der Waals surface area (Å²) in [5.74, 6) is -0.582. The molecule has 5 aliphatic rings. The fourth-order valence-electron chi connectivity index (χ4n) is 6.94. The summed E-state index contributed by atoms with van der Waals surface area (Å²) in [5, 5.41) is 21.7. The second-order valence-electron chi connectivity index (χ2n) is 7.86. The van der Waals surface area contributed by atoms with E-state index in [2.05, 4.69) is 0 Å². The van der Waals surface area contributed by atoms with Gasteiger partial charge in [0.25, 0.3) is 0 Å². The van der Waals surface area contributed by atoms with Crippen LogP contribution in [0.2, 0.25) is 0 Å². The highest BCUT2D eigenvalue weighted by Gasteiger charge is 2.77. The maximum atomic E-state index is 12.5. The molecule has 134 valence electrons. The van der Waals surface area contributed by atoms with Crippen LogP contribution in [-0.4, -0.2) is 35.4 Å². The number of ether oxygens (including phenoxy) is 2. The van der Waals surface area contributed by atoms with E-state index >= 15 is 0 Å². The van der Waals surface area contributed by atoms with Crippen molar-refractivity contribution in [1.82, 2.24) is 0 Å². The number of aliphatic hydroxyl groups is 2. The average Bonchev–Trinajstić information content (AvgIpc) is 3.09. The molecule has 0 aromatic heterocycles. The van der Waals surface area contributed by atoms with Gasteiger partial charge in [-0.2, -0.15) is 0 Å². The first-order valence-corrected chi connectivity index (χ1v) is 9.23. The molecule has 5 rings (SSSR count). The monoisotopic (exact) mass is 346 g/mol. The van der Waals surface area contributed by atoms with Gasteiger partial charge < -0.3 is 19.7 Å². The van der Waals surface area contributed by atoms with E-state index in [-0.39, 0.29) is 48.4 Å². The van der Waals surface area contributed by atoms with E-state index in [1.165, 1.54) is 0 Å². The number of fused-ring (bicyclic) bond motifs is 2. The highest BCUT2D eigenvalue weighted by Crippen LogP contribution is 2.79. The Bertz CT molecular complexity index is 687. The molecule has 5 aliphatic carbocycles. The molecule has 6 nitrogen and oxygen atoms in total. The van der Waals surface area contributed by atoms with Crippen molar-refractivity contribution < 1.29 is 29.3 Å². The van der Waals surface area contributed by atoms with Crippen molar-refractivity contribution in [2.45, 2.75) is 20.3 Å². The lowest BCUT2D eigenvalue weighted by Gasteiger charge is -2.63. The molecule has 0 aromatic carbocycles. The van der Waals surface area contributed by atoms with Crippen LogP contribution < -0.4 is 0 Å². The molecule has 0 spiro atoms. The van der Waals surface area contributed by atoms with Crippen molar-refractivity contribution in [3.63, 3.8) is 0 Å². The van der Waals surface area contributed by atoms with Crippen molar-refractivity contribution in [3.05, 3.63) is 22.7 Å². The zero-order valence-corrected chi connectivity index (χ0v) is 14.3. The molecule has 0 heterocycles. The number of carbonyl (C=O) groups is 2. The van der Waals surface area contributed by atoms with Gasteiger partial charge in [0, 0.05) is 23.7 Å². The topological polar surface area (TPSA) is 93.1 Å². The second kappa shape index (κ2) is 4.80. The summed E-state index contributed by atoms with van der Waals surface area (Å²) in [6, 6.07) is 0. The molecule has 25 heavy (non-hydrogen) atoms. The molecule has 3 fully saturated rings. The fraction of sp³-hybridized carbons (Fsp3) is 0.684. The molecule has 6 heteroatoms. The standard InChI is InChI=1S/C19H22O6/c1-3-24-18(22)14-12-8-6-5-7-9(8)13(12)15(19(23)25-4-2)17(21)11(7)10(6)16(14)20/h6-13,20-21H,3-5H2,1-2H3/t6-,7-,8-,9+,10-,11+,12+,13-/m0/s1.